The number of pyridine rings is 2. The SMILES string of the molecule is CCCc1nc(Oc2cccc(SC)c2)c(C(=O)Nc2cccnc2C)cc1F. The highest BCUT2D eigenvalue weighted by Gasteiger charge is 2.20. The van der Waals surface area contributed by atoms with Gasteiger partial charge in [-0.15, -0.1) is 11.8 Å². The minimum Gasteiger partial charge on any atom is -0.438 e. The van der Waals surface area contributed by atoms with Crippen LogP contribution >= 0.6 is 11.8 Å². The van der Waals surface area contributed by atoms with Crippen molar-refractivity contribution in [2.45, 2.75) is 31.6 Å². The molecule has 1 N–H and O–H groups in total. The zero-order chi connectivity index (χ0) is 20.8. The Bertz CT molecular complexity index is 1030. The van der Waals surface area contributed by atoms with Crippen molar-refractivity contribution in [3.63, 3.8) is 0 Å². The summed E-state index contributed by atoms with van der Waals surface area (Å²) in [4.78, 5) is 22.4. The standard InChI is InChI=1S/C22H22FN3O2S/c1-4-7-20-18(23)13-17(21(27)25-19-10-6-11-24-14(19)2)22(26-20)28-15-8-5-9-16(12-15)29-3/h5-6,8-13H,4,7H2,1-3H3,(H,25,27). The van der Waals surface area contributed by atoms with Crippen LogP contribution < -0.4 is 10.1 Å². The first-order valence-electron chi connectivity index (χ1n) is 9.26. The molecule has 0 radical (unpaired) electrons. The Balaban J connectivity index is 1.99. The molecule has 5 nitrogen and oxygen atoms in total. The average molecular weight is 412 g/mol. The average Bonchev–Trinajstić information content (AvgIpc) is 2.72. The van der Waals surface area contributed by atoms with E-state index in [9.17, 15) is 9.18 Å². The van der Waals surface area contributed by atoms with Crippen LogP contribution in [0.15, 0.2) is 53.6 Å². The number of aromatic nitrogens is 2. The third-order valence-electron chi connectivity index (χ3n) is 4.26. The lowest BCUT2D eigenvalue weighted by Crippen LogP contribution is -2.16. The van der Waals surface area contributed by atoms with Crippen LogP contribution in [0.5, 0.6) is 11.6 Å². The third-order valence-corrected chi connectivity index (χ3v) is 4.98. The minimum atomic E-state index is -0.523. The van der Waals surface area contributed by atoms with Gasteiger partial charge in [0.2, 0.25) is 5.88 Å². The largest absolute Gasteiger partial charge is 0.438 e. The van der Waals surface area contributed by atoms with E-state index in [2.05, 4.69) is 15.3 Å². The molecule has 0 unspecified atom stereocenters. The molecule has 0 aliphatic carbocycles. The van der Waals surface area contributed by atoms with Crippen LogP contribution in [0, 0.1) is 12.7 Å². The minimum absolute atomic E-state index is 0.0279. The molecule has 1 aromatic carbocycles. The molecule has 0 aliphatic rings. The summed E-state index contributed by atoms with van der Waals surface area (Å²) in [7, 11) is 0. The predicted octanol–water partition coefficient (Wildman–Crippen LogP) is 5.64. The summed E-state index contributed by atoms with van der Waals surface area (Å²) in [6, 6.07) is 12.1. The number of nitrogens with one attached hydrogen (secondary N) is 1. The Kier molecular flexibility index (Phi) is 6.82. The summed E-state index contributed by atoms with van der Waals surface area (Å²) in [6.07, 6.45) is 4.78. The highest BCUT2D eigenvalue weighted by Crippen LogP contribution is 2.29. The van der Waals surface area contributed by atoms with Gasteiger partial charge in [-0.05, 0) is 56.0 Å². The molecule has 7 heteroatoms. The molecule has 2 aromatic heterocycles. The van der Waals surface area contributed by atoms with Gasteiger partial charge < -0.3 is 10.1 Å². The molecular weight excluding hydrogens is 389 g/mol. The maximum atomic E-state index is 14.5. The molecule has 2 heterocycles. The van der Waals surface area contributed by atoms with Gasteiger partial charge in [0.15, 0.2) is 0 Å². The molecular formula is C22H22FN3O2S. The first-order valence-corrected chi connectivity index (χ1v) is 10.5. The number of carbonyl (C=O) groups excluding carboxylic acids is 1. The molecule has 1 amide bonds. The van der Waals surface area contributed by atoms with Crippen molar-refractivity contribution in [1.82, 2.24) is 9.97 Å². The second kappa shape index (κ2) is 9.52. The van der Waals surface area contributed by atoms with Crippen molar-refractivity contribution in [3.8, 4) is 11.6 Å². The third kappa shape index (κ3) is 5.12. The van der Waals surface area contributed by atoms with Crippen molar-refractivity contribution in [3.05, 3.63) is 71.4 Å². The van der Waals surface area contributed by atoms with E-state index in [1.165, 1.54) is 6.07 Å². The lowest BCUT2D eigenvalue weighted by molar-refractivity contribution is 0.102. The van der Waals surface area contributed by atoms with Gasteiger partial charge in [-0.3, -0.25) is 9.78 Å². The van der Waals surface area contributed by atoms with Crippen molar-refractivity contribution >= 4 is 23.4 Å². The summed E-state index contributed by atoms with van der Waals surface area (Å²) in [6.45, 7) is 3.72. The van der Waals surface area contributed by atoms with Crippen LogP contribution in [-0.4, -0.2) is 22.1 Å². The van der Waals surface area contributed by atoms with E-state index >= 15 is 0 Å². The number of halogens is 1. The molecule has 3 rings (SSSR count). The van der Waals surface area contributed by atoms with Gasteiger partial charge in [0.1, 0.15) is 17.1 Å². The Morgan fingerprint density at radius 1 is 1.24 bits per heavy atom. The number of hydrogen-bond donors (Lipinski definition) is 1. The number of aryl methyl sites for hydroxylation is 2. The normalized spacial score (nSPS) is 10.6. The Labute approximate surface area is 173 Å². The van der Waals surface area contributed by atoms with Gasteiger partial charge in [-0.1, -0.05) is 19.4 Å². The number of anilines is 1. The number of carbonyl (C=O) groups is 1. The first-order chi connectivity index (χ1) is 14.0. The number of benzene rings is 1. The Morgan fingerprint density at radius 2 is 2.07 bits per heavy atom. The van der Waals surface area contributed by atoms with Crippen molar-refractivity contribution in [1.29, 1.82) is 0 Å². The van der Waals surface area contributed by atoms with E-state index < -0.39 is 11.7 Å². The van der Waals surface area contributed by atoms with Gasteiger partial charge in [0, 0.05) is 11.1 Å². The summed E-state index contributed by atoms with van der Waals surface area (Å²) in [5, 5.41) is 2.76. The van der Waals surface area contributed by atoms with Crippen LogP contribution in [0.25, 0.3) is 0 Å². The second-order valence-electron chi connectivity index (χ2n) is 6.39. The summed E-state index contributed by atoms with van der Waals surface area (Å²) < 4.78 is 20.5. The zero-order valence-electron chi connectivity index (χ0n) is 16.5. The van der Waals surface area contributed by atoms with Crippen LogP contribution in [-0.2, 0) is 6.42 Å². The van der Waals surface area contributed by atoms with Gasteiger partial charge in [-0.2, -0.15) is 0 Å². The highest BCUT2D eigenvalue weighted by molar-refractivity contribution is 7.98. The topological polar surface area (TPSA) is 64.1 Å². The van der Waals surface area contributed by atoms with Crippen molar-refractivity contribution < 1.29 is 13.9 Å². The second-order valence-corrected chi connectivity index (χ2v) is 7.27. The van der Waals surface area contributed by atoms with Gasteiger partial charge in [0.25, 0.3) is 5.91 Å². The van der Waals surface area contributed by atoms with Gasteiger partial charge in [0.05, 0.1) is 17.1 Å². The van der Waals surface area contributed by atoms with Gasteiger partial charge >= 0.3 is 0 Å². The monoisotopic (exact) mass is 411 g/mol. The smallest absolute Gasteiger partial charge is 0.261 e. The van der Waals surface area contributed by atoms with E-state index in [-0.39, 0.29) is 17.1 Å². The Morgan fingerprint density at radius 3 is 2.79 bits per heavy atom. The van der Waals surface area contributed by atoms with Crippen LogP contribution in [0.4, 0.5) is 10.1 Å². The molecule has 0 aliphatic heterocycles. The first kappa shape index (κ1) is 20.8. The number of amides is 1. The molecule has 150 valence electrons. The fourth-order valence-corrected chi connectivity index (χ4v) is 3.19. The highest BCUT2D eigenvalue weighted by atomic mass is 32.2. The van der Waals surface area contributed by atoms with E-state index in [1.807, 2.05) is 31.4 Å². The maximum absolute atomic E-state index is 14.5. The van der Waals surface area contributed by atoms with Gasteiger partial charge in [-0.25, -0.2) is 9.37 Å². The molecule has 0 saturated carbocycles. The molecule has 0 spiro atoms. The molecule has 0 fully saturated rings. The van der Waals surface area contributed by atoms with E-state index in [0.29, 0.717) is 23.6 Å². The van der Waals surface area contributed by atoms with Crippen LogP contribution in [0.3, 0.4) is 0 Å². The number of ether oxygens (including phenoxy) is 1. The number of hydrogen-bond acceptors (Lipinski definition) is 5. The fourth-order valence-electron chi connectivity index (χ4n) is 2.74. The molecule has 29 heavy (non-hydrogen) atoms. The summed E-state index contributed by atoms with van der Waals surface area (Å²) in [5.41, 5.74) is 1.51. The van der Waals surface area contributed by atoms with Crippen LogP contribution in [0.1, 0.15) is 35.1 Å². The van der Waals surface area contributed by atoms with Crippen molar-refractivity contribution in [2.75, 3.05) is 11.6 Å². The lowest BCUT2D eigenvalue weighted by atomic mass is 10.1. The number of thioether (sulfide) groups is 1. The van der Waals surface area contributed by atoms with E-state index in [0.717, 1.165) is 11.3 Å². The molecule has 3 aromatic rings. The van der Waals surface area contributed by atoms with Crippen molar-refractivity contribution in [2.24, 2.45) is 0 Å². The van der Waals surface area contributed by atoms with Crippen LogP contribution in [0.2, 0.25) is 0 Å². The Hall–Kier alpha value is -2.93. The zero-order valence-corrected chi connectivity index (χ0v) is 17.3. The molecule has 0 saturated heterocycles. The lowest BCUT2D eigenvalue weighted by Gasteiger charge is -2.14. The quantitative estimate of drug-likeness (QED) is 0.510. The number of rotatable bonds is 7. The van der Waals surface area contributed by atoms with E-state index in [4.69, 9.17) is 4.74 Å². The number of nitrogens with zero attached hydrogens (tertiary/aromatic N) is 2. The molecule has 0 bridgehead atoms. The molecule has 0 atom stereocenters. The summed E-state index contributed by atoms with van der Waals surface area (Å²) in [5.74, 6) is -0.422. The fraction of sp³-hybridized carbons (Fsp3) is 0.227. The summed E-state index contributed by atoms with van der Waals surface area (Å²) >= 11 is 1.57. The van der Waals surface area contributed by atoms with E-state index in [1.54, 1.807) is 43.1 Å². The predicted molar refractivity (Wildman–Crippen MR) is 113 cm³/mol. The maximum Gasteiger partial charge on any atom is 0.261 e.